The van der Waals surface area contributed by atoms with Gasteiger partial charge in [-0.1, -0.05) is 31.5 Å². The molecular weight excluding hydrogens is 364 g/mol. The Bertz CT molecular complexity index is 943. The van der Waals surface area contributed by atoms with Gasteiger partial charge < -0.3 is 15.0 Å². The standard InChI is InChI=1S/C23H26N4O2/c1-4-5-15-27(3)23-24-17(2)16-21(26-23)22(28)25-18-11-13-20(14-12-18)29-19-9-7-6-8-10-19/h6-14,16H,4-5,15H2,1-3H3,(H,25,28). The summed E-state index contributed by atoms with van der Waals surface area (Å²) in [7, 11) is 1.94. The molecule has 0 radical (unpaired) electrons. The van der Waals surface area contributed by atoms with Crippen molar-refractivity contribution in [3.8, 4) is 11.5 Å². The number of anilines is 2. The monoisotopic (exact) mass is 390 g/mol. The molecule has 6 nitrogen and oxygen atoms in total. The van der Waals surface area contributed by atoms with Gasteiger partial charge in [0.05, 0.1) is 0 Å². The summed E-state index contributed by atoms with van der Waals surface area (Å²) in [4.78, 5) is 23.5. The number of hydrogen-bond donors (Lipinski definition) is 1. The zero-order valence-electron chi connectivity index (χ0n) is 17.1. The molecule has 0 aliphatic carbocycles. The van der Waals surface area contributed by atoms with E-state index in [4.69, 9.17) is 4.74 Å². The smallest absolute Gasteiger partial charge is 0.274 e. The lowest BCUT2D eigenvalue weighted by Crippen LogP contribution is -2.23. The summed E-state index contributed by atoms with van der Waals surface area (Å²) >= 11 is 0. The van der Waals surface area contributed by atoms with E-state index >= 15 is 0 Å². The first-order chi connectivity index (χ1) is 14.0. The number of carbonyl (C=O) groups is 1. The molecule has 0 fully saturated rings. The van der Waals surface area contributed by atoms with Crippen molar-refractivity contribution in [2.45, 2.75) is 26.7 Å². The van der Waals surface area contributed by atoms with Crippen molar-refractivity contribution in [3.63, 3.8) is 0 Å². The van der Waals surface area contributed by atoms with Crippen molar-refractivity contribution in [3.05, 3.63) is 72.1 Å². The Morgan fingerprint density at radius 1 is 1.03 bits per heavy atom. The zero-order valence-corrected chi connectivity index (χ0v) is 17.1. The fraction of sp³-hybridized carbons (Fsp3) is 0.261. The maximum Gasteiger partial charge on any atom is 0.274 e. The molecule has 1 aromatic heterocycles. The van der Waals surface area contributed by atoms with Gasteiger partial charge in [-0.25, -0.2) is 9.97 Å². The third-order valence-electron chi connectivity index (χ3n) is 4.35. The van der Waals surface area contributed by atoms with E-state index in [0.717, 1.165) is 30.8 Å². The normalized spacial score (nSPS) is 10.4. The summed E-state index contributed by atoms with van der Waals surface area (Å²) in [6, 6.07) is 18.5. The van der Waals surface area contributed by atoms with Gasteiger partial charge in [-0.15, -0.1) is 0 Å². The van der Waals surface area contributed by atoms with E-state index in [9.17, 15) is 4.79 Å². The van der Waals surface area contributed by atoms with Gasteiger partial charge in [0.15, 0.2) is 0 Å². The zero-order chi connectivity index (χ0) is 20.6. The van der Waals surface area contributed by atoms with Crippen LogP contribution in [-0.2, 0) is 0 Å². The highest BCUT2D eigenvalue weighted by Gasteiger charge is 2.13. The summed E-state index contributed by atoms with van der Waals surface area (Å²) in [6.07, 6.45) is 2.14. The Morgan fingerprint density at radius 2 is 1.72 bits per heavy atom. The van der Waals surface area contributed by atoms with E-state index in [0.29, 0.717) is 23.1 Å². The first kappa shape index (κ1) is 20.3. The molecule has 3 rings (SSSR count). The molecule has 3 aromatic rings. The molecular formula is C23H26N4O2. The highest BCUT2D eigenvalue weighted by atomic mass is 16.5. The molecule has 2 aromatic carbocycles. The molecule has 0 bridgehead atoms. The SMILES string of the molecule is CCCCN(C)c1nc(C)cc(C(=O)Nc2ccc(Oc3ccccc3)cc2)n1. The summed E-state index contributed by atoms with van der Waals surface area (Å²) in [5.41, 5.74) is 1.78. The molecule has 1 heterocycles. The summed E-state index contributed by atoms with van der Waals surface area (Å²) in [5, 5.41) is 2.88. The van der Waals surface area contributed by atoms with Crippen LogP contribution in [0.5, 0.6) is 11.5 Å². The Morgan fingerprint density at radius 3 is 2.41 bits per heavy atom. The van der Waals surface area contributed by atoms with Crippen molar-refractivity contribution in [1.82, 2.24) is 9.97 Å². The molecule has 6 heteroatoms. The minimum atomic E-state index is -0.266. The Kier molecular flexibility index (Phi) is 6.79. The first-order valence-electron chi connectivity index (χ1n) is 9.76. The number of benzene rings is 2. The van der Waals surface area contributed by atoms with Crippen molar-refractivity contribution in [1.29, 1.82) is 0 Å². The van der Waals surface area contributed by atoms with Crippen LogP contribution in [0.1, 0.15) is 35.9 Å². The number of hydrogen-bond acceptors (Lipinski definition) is 5. The van der Waals surface area contributed by atoms with Crippen LogP contribution in [0, 0.1) is 6.92 Å². The molecule has 150 valence electrons. The van der Waals surface area contributed by atoms with E-state index in [2.05, 4.69) is 22.2 Å². The van der Waals surface area contributed by atoms with Crippen LogP contribution in [0.2, 0.25) is 0 Å². The fourth-order valence-electron chi connectivity index (χ4n) is 2.76. The Labute approximate surface area is 171 Å². The topological polar surface area (TPSA) is 67.4 Å². The molecule has 0 unspecified atom stereocenters. The van der Waals surface area contributed by atoms with Crippen molar-refractivity contribution < 1.29 is 9.53 Å². The highest BCUT2D eigenvalue weighted by Crippen LogP contribution is 2.23. The van der Waals surface area contributed by atoms with Crippen LogP contribution >= 0.6 is 0 Å². The van der Waals surface area contributed by atoms with Crippen molar-refractivity contribution in [2.75, 3.05) is 23.8 Å². The van der Waals surface area contributed by atoms with Crippen LogP contribution in [0.4, 0.5) is 11.6 Å². The molecule has 0 atom stereocenters. The van der Waals surface area contributed by atoms with Gasteiger partial charge in [0, 0.05) is 25.0 Å². The average Bonchev–Trinajstić information content (AvgIpc) is 2.73. The number of nitrogens with zero attached hydrogens (tertiary/aromatic N) is 3. The quantitative estimate of drug-likeness (QED) is 0.582. The third-order valence-corrected chi connectivity index (χ3v) is 4.35. The van der Waals surface area contributed by atoms with Crippen molar-refractivity contribution >= 4 is 17.5 Å². The van der Waals surface area contributed by atoms with Gasteiger partial charge in [0.2, 0.25) is 5.95 Å². The molecule has 0 aliphatic rings. The molecule has 29 heavy (non-hydrogen) atoms. The lowest BCUT2D eigenvalue weighted by Gasteiger charge is -2.17. The fourth-order valence-corrected chi connectivity index (χ4v) is 2.76. The molecule has 0 aliphatic heterocycles. The summed E-state index contributed by atoms with van der Waals surface area (Å²) in [6.45, 7) is 4.86. The average molecular weight is 390 g/mol. The van der Waals surface area contributed by atoms with Crippen LogP contribution in [0.15, 0.2) is 60.7 Å². The van der Waals surface area contributed by atoms with E-state index in [-0.39, 0.29) is 5.91 Å². The number of para-hydroxylation sites is 1. The second-order valence-corrected chi connectivity index (χ2v) is 6.86. The van der Waals surface area contributed by atoms with Gasteiger partial charge in [-0.3, -0.25) is 4.79 Å². The van der Waals surface area contributed by atoms with E-state index < -0.39 is 0 Å². The maximum absolute atomic E-state index is 12.7. The number of aromatic nitrogens is 2. The predicted octanol–water partition coefficient (Wildman–Crippen LogP) is 5.07. The number of unbranched alkanes of at least 4 members (excludes halogenated alkanes) is 1. The molecule has 0 spiro atoms. The van der Waals surface area contributed by atoms with Gasteiger partial charge in [0.25, 0.3) is 5.91 Å². The van der Waals surface area contributed by atoms with Crippen LogP contribution < -0.4 is 15.0 Å². The van der Waals surface area contributed by atoms with E-state index in [1.165, 1.54) is 0 Å². The second-order valence-electron chi connectivity index (χ2n) is 6.86. The minimum Gasteiger partial charge on any atom is -0.457 e. The van der Waals surface area contributed by atoms with Crippen molar-refractivity contribution in [2.24, 2.45) is 0 Å². The number of rotatable bonds is 8. The lowest BCUT2D eigenvalue weighted by molar-refractivity contribution is 0.102. The number of carbonyl (C=O) groups excluding carboxylic acids is 1. The molecule has 1 N–H and O–H groups in total. The van der Waals surface area contributed by atoms with E-state index in [1.54, 1.807) is 18.2 Å². The summed E-state index contributed by atoms with van der Waals surface area (Å²) in [5.74, 6) is 1.76. The minimum absolute atomic E-state index is 0.266. The molecule has 1 amide bonds. The molecule has 0 saturated heterocycles. The number of amides is 1. The number of nitrogens with one attached hydrogen (secondary N) is 1. The first-order valence-corrected chi connectivity index (χ1v) is 9.76. The third kappa shape index (κ3) is 5.78. The largest absolute Gasteiger partial charge is 0.457 e. The van der Waals surface area contributed by atoms with Gasteiger partial charge in [-0.05, 0) is 55.8 Å². The molecule has 0 saturated carbocycles. The van der Waals surface area contributed by atoms with Crippen LogP contribution in [-0.4, -0.2) is 29.5 Å². The predicted molar refractivity (Wildman–Crippen MR) is 116 cm³/mol. The number of aryl methyl sites for hydroxylation is 1. The Hall–Kier alpha value is -3.41. The lowest BCUT2D eigenvalue weighted by atomic mass is 10.2. The summed E-state index contributed by atoms with van der Waals surface area (Å²) < 4.78 is 5.77. The highest BCUT2D eigenvalue weighted by molar-refractivity contribution is 6.03. The van der Waals surface area contributed by atoms with Gasteiger partial charge >= 0.3 is 0 Å². The number of ether oxygens (including phenoxy) is 1. The van der Waals surface area contributed by atoms with Crippen LogP contribution in [0.3, 0.4) is 0 Å². The van der Waals surface area contributed by atoms with Gasteiger partial charge in [-0.2, -0.15) is 0 Å². The Balaban J connectivity index is 1.67. The van der Waals surface area contributed by atoms with E-state index in [1.807, 2.05) is 61.3 Å². The second kappa shape index (κ2) is 9.68. The maximum atomic E-state index is 12.7. The van der Waals surface area contributed by atoms with Crippen LogP contribution in [0.25, 0.3) is 0 Å². The van der Waals surface area contributed by atoms with Gasteiger partial charge in [0.1, 0.15) is 17.2 Å².